The number of nitrogens with zero attached hydrogens (tertiary/aromatic N) is 3. The van der Waals surface area contributed by atoms with Gasteiger partial charge in [-0.1, -0.05) is 54.8 Å². The van der Waals surface area contributed by atoms with Crippen LogP contribution < -0.4 is 5.32 Å². The number of hydrogen-bond donors (Lipinski definition) is 1. The highest BCUT2D eigenvalue weighted by molar-refractivity contribution is 7.99. The molecule has 0 bridgehead atoms. The predicted octanol–water partition coefficient (Wildman–Crippen LogP) is 4.42. The Kier molecular flexibility index (Phi) is 8.83. The summed E-state index contributed by atoms with van der Waals surface area (Å²) in [7, 11) is 1.69. The zero-order valence-corrected chi connectivity index (χ0v) is 18.5. The Labute approximate surface area is 181 Å². The van der Waals surface area contributed by atoms with E-state index >= 15 is 0 Å². The molecule has 0 saturated heterocycles. The quantitative estimate of drug-likeness (QED) is 0.441. The van der Waals surface area contributed by atoms with Crippen LogP contribution in [0.15, 0.2) is 29.4 Å². The molecule has 158 valence electrons. The lowest BCUT2D eigenvalue weighted by Gasteiger charge is -2.21. The molecule has 0 radical (unpaired) electrons. The molecule has 29 heavy (non-hydrogen) atoms. The van der Waals surface area contributed by atoms with Gasteiger partial charge >= 0.3 is 0 Å². The van der Waals surface area contributed by atoms with E-state index in [9.17, 15) is 4.79 Å². The maximum atomic E-state index is 12.3. The zero-order chi connectivity index (χ0) is 20.5. The summed E-state index contributed by atoms with van der Waals surface area (Å²) >= 11 is 7.78. The molecule has 1 aromatic carbocycles. The topological polar surface area (TPSA) is 69.0 Å². The van der Waals surface area contributed by atoms with Crippen LogP contribution in [0.2, 0.25) is 5.02 Å². The van der Waals surface area contributed by atoms with Crippen molar-refractivity contribution in [2.75, 3.05) is 26.0 Å². The molecule has 6 nitrogen and oxygen atoms in total. The number of thioether (sulfide) groups is 1. The molecule has 1 heterocycles. The summed E-state index contributed by atoms with van der Waals surface area (Å²) in [5.74, 6) is 1.72. The third kappa shape index (κ3) is 6.46. The van der Waals surface area contributed by atoms with E-state index < -0.39 is 0 Å². The van der Waals surface area contributed by atoms with Gasteiger partial charge in [0, 0.05) is 32.4 Å². The molecule has 0 atom stereocenters. The van der Waals surface area contributed by atoms with E-state index in [1.807, 2.05) is 28.8 Å². The third-order valence-corrected chi connectivity index (χ3v) is 6.50. The van der Waals surface area contributed by atoms with E-state index in [-0.39, 0.29) is 5.91 Å². The summed E-state index contributed by atoms with van der Waals surface area (Å²) in [6.07, 6.45) is 7.17. The van der Waals surface area contributed by atoms with Gasteiger partial charge in [-0.2, -0.15) is 0 Å². The largest absolute Gasteiger partial charge is 0.385 e. The highest BCUT2D eigenvalue weighted by Crippen LogP contribution is 2.29. The summed E-state index contributed by atoms with van der Waals surface area (Å²) in [6.45, 7) is 2.13. The number of hydrogen-bond acceptors (Lipinski definition) is 5. The molecule has 1 fully saturated rings. The van der Waals surface area contributed by atoms with Gasteiger partial charge in [0.05, 0.1) is 10.8 Å². The van der Waals surface area contributed by atoms with Gasteiger partial charge in [0.15, 0.2) is 11.0 Å². The van der Waals surface area contributed by atoms with Gasteiger partial charge in [0.1, 0.15) is 0 Å². The first-order valence-electron chi connectivity index (χ1n) is 10.3. The number of amides is 1. The fourth-order valence-corrected chi connectivity index (χ4v) is 4.65. The second-order valence-electron chi connectivity index (χ2n) is 7.38. The molecule has 0 aliphatic heterocycles. The number of benzene rings is 1. The monoisotopic (exact) mass is 436 g/mol. The minimum absolute atomic E-state index is 0.0475. The van der Waals surface area contributed by atoms with E-state index in [1.54, 1.807) is 7.11 Å². The average molecular weight is 437 g/mol. The second-order valence-corrected chi connectivity index (χ2v) is 8.73. The summed E-state index contributed by atoms with van der Waals surface area (Å²) in [6, 6.07) is 7.60. The SMILES string of the molecule is COCCCn1c(SCC(=O)NCC2CCCCC2)nnc1-c1ccccc1Cl. The molecule has 1 amide bonds. The molecule has 0 unspecified atom stereocenters. The number of ether oxygens (including phenoxy) is 1. The summed E-state index contributed by atoms with van der Waals surface area (Å²) < 4.78 is 7.21. The van der Waals surface area contributed by atoms with Gasteiger partial charge in [0.25, 0.3) is 0 Å². The van der Waals surface area contributed by atoms with E-state index in [1.165, 1.54) is 43.9 Å². The standard InChI is InChI=1S/C21H29ClN4O2S/c1-28-13-7-12-26-20(17-10-5-6-11-18(17)22)24-25-21(26)29-15-19(27)23-14-16-8-3-2-4-9-16/h5-6,10-11,16H,2-4,7-9,12-15H2,1H3,(H,23,27). The van der Waals surface area contributed by atoms with E-state index in [0.29, 0.717) is 29.8 Å². The second kappa shape index (κ2) is 11.6. The smallest absolute Gasteiger partial charge is 0.230 e. The van der Waals surface area contributed by atoms with E-state index in [0.717, 1.165) is 29.5 Å². The number of rotatable bonds is 10. The molecule has 2 aromatic rings. The van der Waals surface area contributed by atoms with Crippen LogP contribution in [0.3, 0.4) is 0 Å². The van der Waals surface area contributed by atoms with Gasteiger partial charge in [-0.25, -0.2) is 0 Å². The van der Waals surface area contributed by atoms with Crippen LogP contribution in [-0.2, 0) is 16.1 Å². The van der Waals surface area contributed by atoms with Crippen molar-refractivity contribution in [2.45, 2.75) is 50.2 Å². The number of halogens is 1. The highest BCUT2D eigenvalue weighted by Gasteiger charge is 2.18. The fourth-order valence-electron chi connectivity index (χ4n) is 3.64. The normalized spacial score (nSPS) is 14.8. The lowest BCUT2D eigenvalue weighted by molar-refractivity contribution is -0.118. The maximum absolute atomic E-state index is 12.3. The summed E-state index contributed by atoms with van der Waals surface area (Å²) in [5.41, 5.74) is 0.840. The molecule has 3 rings (SSSR count). The van der Waals surface area contributed by atoms with E-state index in [2.05, 4.69) is 15.5 Å². The first-order chi connectivity index (χ1) is 14.2. The highest BCUT2D eigenvalue weighted by atomic mass is 35.5. The molecule has 1 aliphatic rings. The van der Waals surface area contributed by atoms with Crippen LogP contribution in [0.1, 0.15) is 38.5 Å². The first-order valence-corrected chi connectivity index (χ1v) is 11.6. The maximum Gasteiger partial charge on any atom is 0.230 e. The average Bonchev–Trinajstić information content (AvgIpc) is 3.14. The minimum Gasteiger partial charge on any atom is -0.385 e. The number of methoxy groups -OCH3 is 1. The number of carbonyl (C=O) groups is 1. The van der Waals surface area contributed by atoms with Gasteiger partial charge in [0.2, 0.25) is 5.91 Å². The van der Waals surface area contributed by atoms with Crippen LogP contribution in [0.4, 0.5) is 0 Å². The predicted molar refractivity (Wildman–Crippen MR) is 117 cm³/mol. The van der Waals surface area contributed by atoms with Gasteiger partial charge in [-0.3, -0.25) is 4.79 Å². The van der Waals surface area contributed by atoms with Gasteiger partial charge < -0.3 is 14.6 Å². The Morgan fingerprint density at radius 3 is 2.83 bits per heavy atom. The Morgan fingerprint density at radius 1 is 1.28 bits per heavy atom. The van der Waals surface area contributed by atoms with Crippen LogP contribution >= 0.6 is 23.4 Å². The van der Waals surface area contributed by atoms with Crippen molar-refractivity contribution in [3.63, 3.8) is 0 Å². The first kappa shape index (κ1) is 22.1. The molecule has 1 saturated carbocycles. The summed E-state index contributed by atoms with van der Waals surface area (Å²) in [4.78, 5) is 12.3. The minimum atomic E-state index is 0.0475. The third-order valence-electron chi connectivity index (χ3n) is 5.21. The summed E-state index contributed by atoms with van der Waals surface area (Å²) in [5, 5.41) is 13.1. The zero-order valence-electron chi connectivity index (χ0n) is 16.9. The molecular weight excluding hydrogens is 408 g/mol. The number of nitrogens with one attached hydrogen (secondary N) is 1. The van der Waals surface area contributed by atoms with Crippen molar-refractivity contribution in [3.05, 3.63) is 29.3 Å². The van der Waals surface area contributed by atoms with Gasteiger partial charge in [-0.05, 0) is 37.3 Å². The molecule has 1 aromatic heterocycles. The lowest BCUT2D eigenvalue weighted by atomic mass is 9.89. The molecule has 0 spiro atoms. The van der Waals surface area contributed by atoms with Crippen LogP contribution in [0.25, 0.3) is 11.4 Å². The molecule has 1 aliphatic carbocycles. The lowest BCUT2D eigenvalue weighted by Crippen LogP contribution is -2.31. The molecule has 8 heteroatoms. The fraction of sp³-hybridized carbons (Fsp3) is 0.571. The molecular formula is C21H29ClN4O2S. The Morgan fingerprint density at radius 2 is 2.07 bits per heavy atom. The Balaban J connectivity index is 1.63. The number of carbonyl (C=O) groups excluding carboxylic acids is 1. The number of aromatic nitrogens is 3. The van der Waals surface area contributed by atoms with Crippen LogP contribution in [-0.4, -0.2) is 46.7 Å². The Hall–Kier alpha value is -1.57. The Bertz CT molecular complexity index is 793. The van der Waals surface area contributed by atoms with Crippen molar-refractivity contribution in [1.29, 1.82) is 0 Å². The van der Waals surface area contributed by atoms with Crippen molar-refractivity contribution < 1.29 is 9.53 Å². The van der Waals surface area contributed by atoms with Crippen LogP contribution in [0.5, 0.6) is 0 Å². The van der Waals surface area contributed by atoms with Crippen molar-refractivity contribution >= 4 is 29.3 Å². The van der Waals surface area contributed by atoms with Gasteiger partial charge in [-0.15, -0.1) is 10.2 Å². The van der Waals surface area contributed by atoms with E-state index in [4.69, 9.17) is 16.3 Å². The van der Waals surface area contributed by atoms with Crippen LogP contribution in [0, 0.1) is 5.92 Å². The molecule has 1 N–H and O–H groups in total. The van der Waals surface area contributed by atoms with Crippen molar-refractivity contribution in [1.82, 2.24) is 20.1 Å². The van der Waals surface area contributed by atoms with Crippen molar-refractivity contribution in [2.24, 2.45) is 5.92 Å². The van der Waals surface area contributed by atoms with Crippen molar-refractivity contribution in [3.8, 4) is 11.4 Å².